The van der Waals surface area contributed by atoms with E-state index >= 15 is 0 Å². The fraction of sp³-hybridized carbons (Fsp3) is 0.263. The number of anilines is 1. The maximum Gasteiger partial charge on any atom is 0.416 e. The van der Waals surface area contributed by atoms with E-state index in [1.165, 1.54) is 6.07 Å². The van der Waals surface area contributed by atoms with Crippen molar-refractivity contribution in [1.82, 2.24) is 5.32 Å². The third-order valence-electron chi connectivity index (χ3n) is 4.44. The van der Waals surface area contributed by atoms with Crippen LogP contribution in [0.1, 0.15) is 17.5 Å². The number of carbonyl (C=O) groups excluding carboxylic acids is 2. The lowest BCUT2D eigenvalue weighted by Gasteiger charge is -2.23. The molecule has 1 heterocycles. The molecule has 0 bridgehead atoms. The van der Waals surface area contributed by atoms with E-state index < -0.39 is 59.8 Å². The SMILES string of the molecule is O=C(NCc1cc(F)cc(Cl)c1)OC1(O)CCN(c2cc(C(F)(F)F)ccc2F)C1=O. The molecule has 1 atom stereocenters. The number of alkyl halides is 3. The Kier molecular flexibility index (Phi) is 6.10. The van der Waals surface area contributed by atoms with Crippen molar-refractivity contribution >= 4 is 29.3 Å². The highest BCUT2D eigenvalue weighted by Crippen LogP contribution is 2.36. The van der Waals surface area contributed by atoms with Gasteiger partial charge in [0.2, 0.25) is 0 Å². The van der Waals surface area contributed by atoms with Crippen molar-refractivity contribution in [2.75, 3.05) is 11.4 Å². The summed E-state index contributed by atoms with van der Waals surface area (Å²) >= 11 is 5.70. The second kappa shape index (κ2) is 8.31. The van der Waals surface area contributed by atoms with E-state index in [9.17, 15) is 36.6 Å². The Labute approximate surface area is 177 Å². The van der Waals surface area contributed by atoms with Crippen molar-refractivity contribution in [2.45, 2.75) is 24.9 Å². The highest BCUT2D eigenvalue weighted by atomic mass is 35.5. The molecule has 12 heteroatoms. The molecule has 1 fully saturated rings. The van der Waals surface area contributed by atoms with Crippen molar-refractivity contribution in [3.63, 3.8) is 0 Å². The van der Waals surface area contributed by atoms with Crippen LogP contribution in [0.15, 0.2) is 36.4 Å². The van der Waals surface area contributed by atoms with E-state index in [0.717, 1.165) is 12.1 Å². The number of hydrogen-bond acceptors (Lipinski definition) is 4. The lowest BCUT2D eigenvalue weighted by Crippen LogP contribution is -2.46. The minimum atomic E-state index is -4.78. The predicted molar refractivity (Wildman–Crippen MR) is 98.1 cm³/mol. The van der Waals surface area contributed by atoms with Crippen LogP contribution in [0, 0.1) is 11.6 Å². The van der Waals surface area contributed by atoms with Gasteiger partial charge in [0.1, 0.15) is 11.6 Å². The molecule has 1 saturated heterocycles. The van der Waals surface area contributed by atoms with Crippen LogP contribution in [0.25, 0.3) is 0 Å². The molecule has 2 aromatic rings. The first-order chi connectivity index (χ1) is 14.4. The molecule has 1 unspecified atom stereocenters. The number of aliphatic hydroxyl groups is 1. The minimum Gasteiger partial charge on any atom is -0.407 e. The normalized spacial score (nSPS) is 18.9. The van der Waals surface area contributed by atoms with E-state index in [-0.39, 0.29) is 17.1 Å². The van der Waals surface area contributed by atoms with Gasteiger partial charge < -0.3 is 20.1 Å². The van der Waals surface area contributed by atoms with E-state index in [0.29, 0.717) is 23.1 Å². The Balaban J connectivity index is 1.70. The van der Waals surface area contributed by atoms with Gasteiger partial charge in [-0.3, -0.25) is 4.79 Å². The first kappa shape index (κ1) is 22.8. The maximum atomic E-state index is 14.1. The predicted octanol–water partition coefficient (Wildman–Crippen LogP) is 3.99. The molecular weight excluding hydrogens is 451 g/mol. The number of benzene rings is 2. The van der Waals surface area contributed by atoms with Crippen LogP contribution in [0.5, 0.6) is 0 Å². The molecule has 166 valence electrons. The summed E-state index contributed by atoms with van der Waals surface area (Å²) < 4.78 is 70.8. The van der Waals surface area contributed by atoms with Crippen LogP contribution >= 0.6 is 11.6 Å². The van der Waals surface area contributed by atoms with Crippen LogP contribution in [0.4, 0.5) is 32.4 Å². The third kappa shape index (κ3) is 5.05. The molecule has 2 aromatic carbocycles. The van der Waals surface area contributed by atoms with Crippen molar-refractivity contribution < 1.29 is 41.4 Å². The van der Waals surface area contributed by atoms with Gasteiger partial charge in [0, 0.05) is 24.5 Å². The maximum absolute atomic E-state index is 14.1. The quantitative estimate of drug-likeness (QED) is 0.530. The number of halogens is 6. The first-order valence-electron chi connectivity index (χ1n) is 8.72. The molecule has 1 aliphatic heterocycles. The topological polar surface area (TPSA) is 78.9 Å². The first-order valence-corrected chi connectivity index (χ1v) is 9.10. The van der Waals surface area contributed by atoms with Crippen molar-refractivity contribution in [1.29, 1.82) is 0 Å². The van der Waals surface area contributed by atoms with Crippen molar-refractivity contribution in [3.8, 4) is 0 Å². The summed E-state index contributed by atoms with van der Waals surface area (Å²) in [7, 11) is 0. The highest BCUT2D eigenvalue weighted by Gasteiger charge is 2.50. The van der Waals surface area contributed by atoms with Crippen LogP contribution in [0.3, 0.4) is 0 Å². The molecule has 0 saturated carbocycles. The largest absolute Gasteiger partial charge is 0.416 e. The lowest BCUT2D eigenvalue weighted by molar-refractivity contribution is -0.175. The third-order valence-corrected chi connectivity index (χ3v) is 4.66. The number of nitrogens with zero attached hydrogens (tertiary/aromatic N) is 1. The molecule has 0 aliphatic carbocycles. The van der Waals surface area contributed by atoms with Crippen molar-refractivity contribution in [3.05, 3.63) is 64.2 Å². The minimum absolute atomic E-state index is 0.0773. The molecule has 2 amide bonds. The van der Waals surface area contributed by atoms with Gasteiger partial charge in [-0.15, -0.1) is 0 Å². The number of rotatable bonds is 4. The van der Waals surface area contributed by atoms with Crippen LogP contribution in [0.2, 0.25) is 5.02 Å². The Morgan fingerprint density at radius 1 is 1.23 bits per heavy atom. The van der Waals surface area contributed by atoms with E-state index in [1.807, 2.05) is 0 Å². The average molecular weight is 465 g/mol. The van der Waals surface area contributed by atoms with Gasteiger partial charge in [0.25, 0.3) is 11.7 Å². The summed E-state index contributed by atoms with van der Waals surface area (Å²) in [6, 6.07) is 4.96. The monoisotopic (exact) mass is 464 g/mol. The van der Waals surface area contributed by atoms with Gasteiger partial charge >= 0.3 is 12.3 Å². The molecule has 2 N–H and O–H groups in total. The molecule has 0 aromatic heterocycles. The molecule has 6 nitrogen and oxygen atoms in total. The second-order valence-electron chi connectivity index (χ2n) is 6.68. The summed E-state index contributed by atoms with van der Waals surface area (Å²) in [5.41, 5.74) is -1.65. The van der Waals surface area contributed by atoms with Gasteiger partial charge in [-0.25, -0.2) is 13.6 Å². The standard InChI is InChI=1S/C19H14ClF5N2O4/c20-12-5-10(6-13(21)8-12)9-26-17(29)31-18(30)3-4-27(16(18)28)15-7-11(19(23,24)25)1-2-14(15)22/h1-2,5-8,30H,3-4,9H2,(H,26,29). The summed E-state index contributed by atoms with van der Waals surface area (Å²) in [5.74, 6) is -5.81. The zero-order valence-corrected chi connectivity index (χ0v) is 16.2. The Morgan fingerprint density at radius 3 is 2.58 bits per heavy atom. The molecule has 3 rings (SSSR count). The zero-order valence-electron chi connectivity index (χ0n) is 15.5. The Hall–Kier alpha value is -2.92. The number of alkyl carbamates (subject to hydrolysis) is 1. The summed E-state index contributed by atoms with van der Waals surface area (Å²) in [6.07, 6.45) is -6.55. The molecule has 0 spiro atoms. The molecular formula is C19H14ClF5N2O4. The fourth-order valence-corrected chi connectivity index (χ4v) is 3.22. The number of ether oxygens (including phenoxy) is 1. The highest BCUT2D eigenvalue weighted by molar-refractivity contribution is 6.30. The molecule has 31 heavy (non-hydrogen) atoms. The van der Waals surface area contributed by atoms with Gasteiger partial charge in [-0.1, -0.05) is 11.6 Å². The van der Waals surface area contributed by atoms with E-state index in [1.54, 1.807) is 0 Å². The second-order valence-corrected chi connectivity index (χ2v) is 7.11. The molecule has 0 radical (unpaired) electrons. The van der Waals surface area contributed by atoms with Crippen LogP contribution in [-0.4, -0.2) is 29.4 Å². The van der Waals surface area contributed by atoms with Gasteiger partial charge in [-0.05, 0) is 42.0 Å². The number of amides is 2. The Morgan fingerprint density at radius 2 is 1.94 bits per heavy atom. The number of carbonyl (C=O) groups is 2. The van der Waals surface area contributed by atoms with Crippen LogP contribution < -0.4 is 10.2 Å². The summed E-state index contributed by atoms with van der Waals surface area (Å²) in [4.78, 5) is 25.0. The summed E-state index contributed by atoms with van der Waals surface area (Å²) in [6.45, 7) is -0.660. The lowest BCUT2D eigenvalue weighted by atomic mass is 10.1. The van der Waals surface area contributed by atoms with Crippen LogP contribution in [-0.2, 0) is 22.3 Å². The molecule has 1 aliphatic rings. The van der Waals surface area contributed by atoms with Gasteiger partial charge in [-0.2, -0.15) is 13.2 Å². The van der Waals surface area contributed by atoms with Gasteiger partial charge in [0.05, 0.1) is 11.3 Å². The fourth-order valence-electron chi connectivity index (χ4n) is 2.98. The average Bonchev–Trinajstić information content (AvgIpc) is 2.93. The van der Waals surface area contributed by atoms with E-state index in [4.69, 9.17) is 16.3 Å². The number of nitrogens with one attached hydrogen (secondary N) is 1. The number of hydrogen-bond donors (Lipinski definition) is 2. The van der Waals surface area contributed by atoms with E-state index in [2.05, 4.69) is 5.32 Å². The van der Waals surface area contributed by atoms with Gasteiger partial charge in [0.15, 0.2) is 0 Å². The zero-order chi connectivity index (χ0) is 23.0. The summed E-state index contributed by atoms with van der Waals surface area (Å²) in [5, 5.41) is 12.6. The van der Waals surface area contributed by atoms with Crippen molar-refractivity contribution in [2.24, 2.45) is 0 Å². The Bertz CT molecular complexity index is 1010. The smallest absolute Gasteiger partial charge is 0.407 e.